The maximum Gasteiger partial charge on any atom is 0.328 e. The fourth-order valence-corrected chi connectivity index (χ4v) is 7.78. The van der Waals surface area contributed by atoms with Crippen molar-refractivity contribution in [1.29, 1.82) is 0 Å². The van der Waals surface area contributed by atoms with Crippen molar-refractivity contribution in [2.45, 2.75) is 198 Å². The average Bonchev–Trinajstić information content (AvgIpc) is 3.31. The molecule has 24 nitrogen and oxygen atoms in total. The molecule has 0 saturated carbocycles. The number of hydrogen-bond acceptors (Lipinski definition) is 14. The van der Waals surface area contributed by atoms with Gasteiger partial charge in [0.25, 0.3) is 0 Å². The molecule has 0 aromatic heterocycles. The Kier molecular flexibility index (Phi) is 27.9. The molecule has 16 N–H and O–H groups in total. The van der Waals surface area contributed by atoms with Crippen LogP contribution in [0, 0.1) is 5.92 Å². The number of cyclic esters (lactones) is 1. The number of amides is 8. The van der Waals surface area contributed by atoms with Crippen molar-refractivity contribution in [3.63, 3.8) is 0 Å². The Morgan fingerprint density at radius 3 is 1.74 bits per heavy atom. The number of nitrogens with two attached hydrogens (primary N) is 3. The first kappa shape index (κ1) is 62.6. The number of unbranched alkanes of at least 4 members (excludes halogenated alkanes) is 9. The lowest BCUT2D eigenvalue weighted by Crippen LogP contribution is -2.62. The Bertz CT molecular complexity index is 2020. The summed E-state index contributed by atoms with van der Waals surface area (Å²) in [6.07, 6.45) is 4.57. The van der Waals surface area contributed by atoms with Crippen LogP contribution in [0.3, 0.4) is 0 Å². The molecule has 1 aliphatic rings. The minimum absolute atomic E-state index is 0.0764. The minimum atomic E-state index is -1.72. The standard InChI is InChI=1S/C49H81N11O13/c1-27(2)39-45(69)57-36(25-32-18-20-33(62)21-19-32)44(68)54-28(3)42(66)60-40(30(5)61)46(70)56-35(22-23-37(50)64)43(67)55-29(4)48(72)73-31(6)41(47(71)59-39)58-38(65)26-34(63)17-15-13-11-9-7-8-10-12-14-16-24-53-49(51)52/h18-21,27-31,34-36,39-41,61-63H,7-17,22-26H2,1-6H3,(H2,50,64)(H,54,68)(H,55,67)(H,56,70)(H,57,69)(H,58,65)(H,59,71)(H,60,66)(H4,51,52,53)/t28-,29+,30+,31+,34?,35+,36?,39?,40+,41-/m0/s1. The van der Waals surface area contributed by atoms with Gasteiger partial charge in [0.15, 0.2) is 5.96 Å². The zero-order valence-electron chi connectivity index (χ0n) is 43.1. The zero-order valence-corrected chi connectivity index (χ0v) is 43.1. The number of aliphatic imine (C=N–C) groups is 1. The van der Waals surface area contributed by atoms with Crippen molar-refractivity contribution in [3.05, 3.63) is 29.8 Å². The Labute approximate surface area is 427 Å². The molecule has 73 heavy (non-hydrogen) atoms. The van der Waals surface area contributed by atoms with E-state index in [1.807, 2.05) is 0 Å². The van der Waals surface area contributed by atoms with Gasteiger partial charge in [0.05, 0.1) is 18.6 Å². The SMILES string of the molecule is CC(C)C1NC(=O)[C@@H](NC(=O)CC(O)CCCCCCCCCCCCN=C(N)N)[C@@H](C)OC(=O)[C@@H](C)NC(=O)[C@@H](CCC(N)=O)NC(=O)[C@@H]([C@@H](C)O)NC(=O)[C@H](C)NC(=O)C(Cc2ccc(O)cc2)NC1=O. The van der Waals surface area contributed by atoms with Crippen LogP contribution in [0.25, 0.3) is 0 Å². The fraction of sp³-hybridized carbons (Fsp3) is 0.673. The van der Waals surface area contributed by atoms with Gasteiger partial charge in [0, 0.05) is 19.4 Å². The molecule has 10 atom stereocenters. The highest BCUT2D eigenvalue weighted by atomic mass is 16.5. The third kappa shape index (κ3) is 24.1. The Morgan fingerprint density at radius 2 is 1.18 bits per heavy atom. The summed E-state index contributed by atoms with van der Waals surface area (Å²) in [6.45, 7) is 8.78. The van der Waals surface area contributed by atoms with Crippen molar-refractivity contribution in [2.75, 3.05) is 6.54 Å². The number of benzene rings is 1. The van der Waals surface area contributed by atoms with E-state index in [9.17, 15) is 58.5 Å². The van der Waals surface area contributed by atoms with Crippen molar-refractivity contribution < 1.29 is 63.2 Å². The van der Waals surface area contributed by atoms with Crippen LogP contribution in [0.2, 0.25) is 0 Å². The average molecular weight is 1030 g/mol. The number of hydrogen-bond donors (Lipinski definition) is 13. The van der Waals surface area contributed by atoms with Crippen molar-refractivity contribution in [1.82, 2.24) is 37.2 Å². The van der Waals surface area contributed by atoms with Crippen LogP contribution in [-0.2, 0) is 54.3 Å². The van der Waals surface area contributed by atoms with E-state index in [1.165, 1.54) is 52.0 Å². The van der Waals surface area contributed by atoms with Crippen LogP contribution in [0.5, 0.6) is 5.75 Å². The van der Waals surface area contributed by atoms with E-state index in [-0.39, 0.29) is 24.6 Å². The van der Waals surface area contributed by atoms with E-state index in [1.54, 1.807) is 13.8 Å². The normalized spacial score (nSPS) is 23.9. The van der Waals surface area contributed by atoms with Crippen molar-refractivity contribution >= 4 is 59.2 Å². The second kappa shape index (κ2) is 32.5. The fourth-order valence-electron chi connectivity index (χ4n) is 7.78. The molecule has 2 rings (SSSR count). The molecular weight excluding hydrogens is 951 g/mol. The van der Waals surface area contributed by atoms with E-state index < -0.39 is 133 Å². The van der Waals surface area contributed by atoms with Gasteiger partial charge in [-0.25, -0.2) is 4.79 Å². The summed E-state index contributed by atoms with van der Waals surface area (Å²) in [5.41, 5.74) is 16.5. The molecule has 0 bridgehead atoms. The van der Waals surface area contributed by atoms with Crippen LogP contribution >= 0.6 is 0 Å². The topological polar surface area (TPSA) is 398 Å². The number of ether oxygens (including phenoxy) is 1. The third-order valence-electron chi connectivity index (χ3n) is 12.1. The highest BCUT2D eigenvalue weighted by molar-refractivity contribution is 5.98. The lowest BCUT2D eigenvalue weighted by molar-refractivity contribution is -0.156. The number of esters is 1. The van der Waals surface area contributed by atoms with E-state index in [4.69, 9.17) is 21.9 Å². The summed E-state index contributed by atoms with van der Waals surface area (Å²) in [7, 11) is 0. The molecule has 1 fully saturated rings. The van der Waals surface area contributed by atoms with Crippen LogP contribution < -0.4 is 54.4 Å². The molecule has 0 spiro atoms. The second-order valence-corrected chi connectivity index (χ2v) is 19.1. The first-order valence-corrected chi connectivity index (χ1v) is 25.2. The summed E-state index contributed by atoms with van der Waals surface area (Å²) in [6, 6.07) is -4.96. The van der Waals surface area contributed by atoms with E-state index in [2.05, 4.69) is 42.2 Å². The van der Waals surface area contributed by atoms with Gasteiger partial charge in [0.1, 0.15) is 54.1 Å². The van der Waals surface area contributed by atoms with E-state index in [0.717, 1.165) is 57.8 Å². The molecule has 410 valence electrons. The second-order valence-electron chi connectivity index (χ2n) is 19.1. The Hall–Kier alpha value is -6.56. The quantitative estimate of drug-likeness (QED) is 0.0269. The van der Waals surface area contributed by atoms with Crippen molar-refractivity contribution in [2.24, 2.45) is 28.1 Å². The van der Waals surface area contributed by atoms with Gasteiger partial charge in [-0.2, -0.15) is 0 Å². The number of phenols is 1. The van der Waals surface area contributed by atoms with Crippen LogP contribution in [0.1, 0.15) is 137 Å². The summed E-state index contributed by atoms with van der Waals surface area (Å²) < 4.78 is 5.60. The number of guanidine groups is 1. The van der Waals surface area contributed by atoms with Crippen LogP contribution in [0.15, 0.2) is 29.3 Å². The molecule has 0 aliphatic carbocycles. The number of aliphatic hydroxyl groups is 2. The molecule has 1 aromatic rings. The summed E-state index contributed by atoms with van der Waals surface area (Å²) in [5.74, 6) is -9.18. The van der Waals surface area contributed by atoms with Crippen LogP contribution in [0.4, 0.5) is 0 Å². The molecule has 1 saturated heterocycles. The molecule has 1 aliphatic heterocycles. The lowest BCUT2D eigenvalue weighted by atomic mass is 9.99. The molecule has 0 radical (unpaired) electrons. The Balaban J connectivity index is 2.40. The molecule has 8 amide bonds. The van der Waals surface area contributed by atoms with Gasteiger partial charge in [-0.3, -0.25) is 43.3 Å². The van der Waals surface area contributed by atoms with Gasteiger partial charge in [0.2, 0.25) is 47.3 Å². The summed E-state index contributed by atoms with van der Waals surface area (Å²) in [4.78, 5) is 126. The number of rotatable bonds is 23. The first-order valence-electron chi connectivity index (χ1n) is 25.2. The third-order valence-corrected chi connectivity index (χ3v) is 12.1. The number of nitrogens with one attached hydrogen (secondary N) is 7. The Morgan fingerprint density at radius 1 is 0.658 bits per heavy atom. The largest absolute Gasteiger partial charge is 0.508 e. The van der Waals surface area contributed by atoms with Gasteiger partial charge in [-0.1, -0.05) is 83.8 Å². The first-order chi connectivity index (χ1) is 34.4. The van der Waals surface area contributed by atoms with Gasteiger partial charge in [-0.05, 0) is 70.6 Å². The van der Waals surface area contributed by atoms with Gasteiger partial charge >= 0.3 is 5.97 Å². The minimum Gasteiger partial charge on any atom is -0.508 e. The number of carbonyl (C=O) groups excluding carboxylic acids is 9. The molecule has 1 heterocycles. The number of aliphatic hydroxyl groups excluding tert-OH is 2. The summed E-state index contributed by atoms with van der Waals surface area (Å²) >= 11 is 0. The van der Waals surface area contributed by atoms with Gasteiger partial charge < -0.3 is 74.5 Å². The van der Waals surface area contributed by atoms with Crippen molar-refractivity contribution in [3.8, 4) is 5.75 Å². The lowest BCUT2D eigenvalue weighted by Gasteiger charge is -2.30. The monoisotopic (exact) mass is 1030 g/mol. The number of nitrogens with zero attached hydrogens (tertiary/aromatic N) is 1. The molecule has 24 heteroatoms. The summed E-state index contributed by atoms with van der Waals surface area (Å²) in [5, 5.41) is 48.6. The maximum atomic E-state index is 14.3. The van der Waals surface area contributed by atoms with E-state index in [0.29, 0.717) is 24.9 Å². The molecule has 1 aromatic carbocycles. The highest BCUT2D eigenvalue weighted by Gasteiger charge is 2.38. The number of aromatic hydroxyl groups is 1. The number of carbonyl (C=O) groups is 9. The zero-order chi connectivity index (χ0) is 54.8. The van der Waals surface area contributed by atoms with E-state index >= 15 is 0 Å². The highest BCUT2D eigenvalue weighted by Crippen LogP contribution is 2.16. The van der Waals surface area contributed by atoms with Gasteiger partial charge in [-0.15, -0.1) is 0 Å². The van der Waals surface area contributed by atoms with Crippen LogP contribution in [-0.4, -0.2) is 142 Å². The molecule has 3 unspecified atom stereocenters. The number of phenolic OH excluding ortho intramolecular Hbond substituents is 1. The predicted molar refractivity (Wildman–Crippen MR) is 269 cm³/mol. The number of primary amides is 1. The maximum absolute atomic E-state index is 14.3. The smallest absolute Gasteiger partial charge is 0.328 e. The predicted octanol–water partition coefficient (Wildman–Crippen LogP) is -1.07. The molecular formula is C49H81N11O13.